The number of imidazole rings is 1. The maximum absolute atomic E-state index is 11.1. The Morgan fingerprint density at radius 1 is 1.56 bits per heavy atom. The molecule has 0 bridgehead atoms. The summed E-state index contributed by atoms with van der Waals surface area (Å²) in [6.07, 6.45) is 7.14. The minimum atomic E-state index is 0.115. The minimum Gasteiger partial charge on any atom is -0.356 e. The lowest BCUT2D eigenvalue weighted by Crippen LogP contribution is -2.24. The number of amides is 1. The second-order valence-corrected chi connectivity index (χ2v) is 4.25. The molecule has 4 nitrogen and oxygen atoms in total. The number of aryl methyl sites for hydroxylation is 2. The SMILES string of the molecule is CCC(=O)NCCc1cn2c(n1)CCCC2. The third-order valence-corrected chi connectivity index (χ3v) is 2.98. The van der Waals surface area contributed by atoms with E-state index in [1.807, 2.05) is 6.92 Å². The van der Waals surface area contributed by atoms with Crippen LogP contribution in [-0.2, 0) is 24.2 Å². The van der Waals surface area contributed by atoms with E-state index in [1.54, 1.807) is 0 Å². The van der Waals surface area contributed by atoms with Crippen molar-refractivity contribution >= 4 is 5.91 Å². The molecule has 2 heterocycles. The van der Waals surface area contributed by atoms with Crippen LogP contribution in [0.5, 0.6) is 0 Å². The summed E-state index contributed by atoms with van der Waals surface area (Å²) >= 11 is 0. The lowest BCUT2D eigenvalue weighted by Gasteiger charge is -2.11. The first-order valence-electron chi connectivity index (χ1n) is 6.11. The summed E-state index contributed by atoms with van der Waals surface area (Å²) in [6, 6.07) is 0. The number of aromatic nitrogens is 2. The van der Waals surface area contributed by atoms with Crippen molar-refractivity contribution in [2.24, 2.45) is 0 Å². The van der Waals surface area contributed by atoms with E-state index in [0.717, 1.165) is 25.1 Å². The van der Waals surface area contributed by atoms with E-state index >= 15 is 0 Å². The van der Waals surface area contributed by atoms with Gasteiger partial charge in [-0.15, -0.1) is 0 Å². The molecule has 4 heteroatoms. The molecule has 0 unspecified atom stereocenters. The number of hydrogen-bond donors (Lipinski definition) is 1. The molecule has 0 saturated carbocycles. The monoisotopic (exact) mass is 221 g/mol. The number of hydrogen-bond acceptors (Lipinski definition) is 2. The van der Waals surface area contributed by atoms with Gasteiger partial charge in [0.1, 0.15) is 5.82 Å². The summed E-state index contributed by atoms with van der Waals surface area (Å²) < 4.78 is 2.25. The Kier molecular flexibility index (Phi) is 3.59. The Balaban J connectivity index is 1.85. The highest BCUT2D eigenvalue weighted by Gasteiger charge is 2.11. The Labute approximate surface area is 96.1 Å². The first-order valence-corrected chi connectivity index (χ1v) is 6.11. The van der Waals surface area contributed by atoms with E-state index < -0.39 is 0 Å². The van der Waals surface area contributed by atoms with E-state index in [1.165, 1.54) is 18.7 Å². The molecule has 0 saturated heterocycles. The van der Waals surface area contributed by atoms with Gasteiger partial charge in [-0.25, -0.2) is 4.98 Å². The standard InChI is InChI=1S/C12H19N3O/c1-2-12(16)13-7-6-10-9-15-8-4-3-5-11(15)14-10/h9H,2-8H2,1H3,(H,13,16). The highest BCUT2D eigenvalue weighted by molar-refractivity contribution is 5.75. The summed E-state index contributed by atoms with van der Waals surface area (Å²) in [4.78, 5) is 15.6. The maximum atomic E-state index is 11.1. The maximum Gasteiger partial charge on any atom is 0.219 e. The van der Waals surface area contributed by atoms with Crippen molar-refractivity contribution in [3.05, 3.63) is 17.7 Å². The third-order valence-electron chi connectivity index (χ3n) is 2.98. The molecule has 0 aliphatic carbocycles. The van der Waals surface area contributed by atoms with Crippen LogP contribution in [0.1, 0.15) is 37.7 Å². The molecule has 88 valence electrons. The van der Waals surface area contributed by atoms with Gasteiger partial charge in [-0.1, -0.05) is 6.92 Å². The second kappa shape index (κ2) is 5.14. The average Bonchev–Trinajstić information content (AvgIpc) is 2.71. The average molecular weight is 221 g/mol. The first-order chi connectivity index (χ1) is 7.79. The van der Waals surface area contributed by atoms with Crippen LogP contribution in [0.2, 0.25) is 0 Å². The van der Waals surface area contributed by atoms with Crippen LogP contribution in [0.15, 0.2) is 6.20 Å². The molecule has 16 heavy (non-hydrogen) atoms. The Bertz CT molecular complexity index is 347. The lowest BCUT2D eigenvalue weighted by atomic mass is 10.2. The van der Waals surface area contributed by atoms with Gasteiger partial charge in [0, 0.05) is 38.5 Å². The van der Waals surface area contributed by atoms with E-state index in [0.29, 0.717) is 13.0 Å². The van der Waals surface area contributed by atoms with E-state index in [-0.39, 0.29) is 5.91 Å². The van der Waals surface area contributed by atoms with E-state index in [9.17, 15) is 4.79 Å². The van der Waals surface area contributed by atoms with Crippen LogP contribution in [0.25, 0.3) is 0 Å². The van der Waals surface area contributed by atoms with Gasteiger partial charge in [-0.3, -0.25) is 4.79 Å². The quantitative estimate of drug-likeness (QED) is 0.832. The predicted octanol–water partition coefficient (Wildman–Crippen LogP) is 1.29. The fraction of sp³-hybridized carbons (Fsp3) is 0.667. The highest BCUT2D eigenvalue weighted by atomic mass is 16.1. The number of carbonyl (C=O) groups excluding carboxylic acids is 1. The largest absolute Gasteiger partial charge is 0.356 e. The molecular formula is C12H19N3O. The van der Waals surface area contributed by atoms with Crippen LogP contribution in [0.3, 0.4) is 0 Å². The summed E-state index contributed by atoms with van der Waals surface area (Å²) in [5.74, 6) is 1.33. The van der Waals surface area contributed by atoms with Crippen molar-refractivity contribution in [1.82, 2.24) is 14.9 Å². The zero-order chi connectivity index (χ0) is 11.4. The summed E-state index contributed by atoms with van der Waals surface area (Å²) in [5, 5.41) is 2.87. The molecule has 2 rings (SSSR count). The van der Waals surface area contributed by atoms with Crippen molar-refractivity contribution < 1.29 is 4.79 Å². The van der Waals surface area contributed by atoms with Gasteiger partial charge in [-0.2, -0.15) is 0 Å². The van der Waals surface area contributed by atoms with Gasteiger partial charge in [0.15, 0.2) is 0 Å². The Morgan fingerprint density at radius 3 is 3.19 bits per heavy atom. The van der Waals surface area contributed by atoms with Crippen molar-refractivity contribution in [2.75, 3.05) is 6.54 Å². The van der Waals surface area contributed by atoms with Crippen molar-refractivity contribution in [2.45, 2.75) is 45.6 Å². The molecule has 1 amide bonds. The Morgan fingerprint density at radius 2 is 2.44 bits per heavy atom. The molecular weight excluding hydrogens is 202 g/mol. The third kappa shape index (κ3) is 2.62. The minimum absolute atomic E-state index is 0.115. The zero-order valence-corrected chi connectivity index (χ0v) is 9.83. The molecule has 1 aliphatic heterocycles. The predicted molar refractivity (Wildman–Crippen MR) is 62.2 cm³/mol. The van der Waals surface area contributed by atoms with E-state index in [4.69, 9.17) is 0 Å². The highest BCUT2D eigenvalue weighted by Crippen LogP contribution is 2.14. The van der Waals surface area contributed by atoms with Crippen molar-refractivity contribution in [1.29, 1.82) is 0 Å². The second-order valence-electron chi connectivity index (χ2n) is 4.25. The molecule has 1 N–H and O–H groups in total. The fourth-order valence-electron chi connectivity index (χ4n) is 2.05. The van der Waals surface area contributed by atoms with Gasteiger partial charge in [-0.05, 0) is 12.8 Å². The number of rotatable bonds is 4. The van der Waals surface area contributed by atoms with Crippen LogP contribution < -0.4 is 5.32 Å². The summed E-state index contributed by atoms with van der Waals surface area (Å²) in [5.41, 5.74) is 1.10. The topological polar surface area (TPSA) is 46.9 Å². The Hall–Kier alpha value is -1.32. The molecule has 1 aromatic heterocycles. The van der Waals surface area contributed by atoms with Crippen LogP contribution in [-0.4, -0.2) is 22.0 Å². The van der Waals surface area contributed by atoms with Gasteiger partial charge >= 0.3 is 0 Å². The molecule has 0 fully saturated rings. The van der Waals surface area contributed by atoms with Gasteiger partial charge < -0.3 is 9.88 Å². The number of fused-ring (bicyclic) bond motifs is 1. The number of nitrogens with one attached hydrogen (secondary N) is 1. The molecule has 1 aliphatic rings. The zero-order valence-electron chi connectivity index (χ0n) is 9.83. The molecule has 0 aromatic carbocycles. The molecule has 0 spiro atoms. The first kappa shape index (κ1) is 11.2. The van der Waals surface area contributed by atoms with Gasteiger partial charge in [0.2, 0.25) is 5.91 Å². The van der Waals surface area contributed by atoms with Crippen molar-refractivity contribution in [3.63, 3.8) is 0 Å². The van der Waals surface area contributed by atoms with Crippen LogP contribution >= 0.6 is 0 Å². The van der Waals surface area contributed by atoms with Gasteiger partial charge in [0.05, 0.1) is 5.69 Å². The smallest absolute Gasteiger partial charge is 0.219 e. The van der Waals surface area contributed by atoms with Gasteiger partial charge in [0.25, 0.3) is 0 Å². The summed E-state index contributed by atoms with van der Waals surface area (Å²) in [7, 11) is 0. The molecule has 1 aromatic rings. The lowest BCUT2D eigenvalue weighted by molar-refractivity contribution is -0.120. The van der Waals surface area contributed by atoms with Crippen LogP contribution in [0.4, 0.5) is 0 Å². The molecule has 0 radical (unpaired) electrons. The fourth-order valence-corrected chi connectivity index (χ4v) is 2.05. The number of carbonyl (C=O) groups is 1. The normalized spacial score (nSPS) is 14.6. The molecule has 0 atom stereocenters. The number of nitrogens with zero attached hydrogens (tertiary/aromatic N) is 2. The van der Waals surface area contributed by atoms with Crippen molar-refractivity contribution in [3.8, 4) is 0 Å². The van der Waals surface area contributed by atoms with E-state index in [2.05, 4.69) is 21.1 Å². The summed E-state index contributed by atoms with van der Waals surface area (Å²) in [6.45, 7) is 3.66. The van der Waals surface area contributed by atoms with Crippen LogP contribution in [0, 0.1) is 0 Å².